The largest absolute Gasteiger partial charge is 0.376 e. The van der Waals surface area contributed by atoms with E-state index in [4.69, 9.17) is 14.2 Å². The van der Waals surface area contributed by atoms with Gasteiger partial charge >= 0.3 is 0 Å². The highest BCUT2D eigenvalue weighted by Crippen LogP contribution is 2.22. The van der Waals surface area contributed by atoms with Crippen LogP contribution >= 0.6 is 0 Å². The average Bonchev–Trinajstić information content (AvgIpc) is 2.99. The summed E-state index contributed by atoms with van der Waals surface area (Å²) in [5.74, 6) is 0. The molecule has 1 heterocycles. The molecule has 0 bridgehead atoms. The van der Waals surface area contributed by atoms with Crippen LogP contribution in [0.5, 0.6) is 0 Å². The molecule has 3 nitrogen and oxygen atoms in total. The lowest BCUT2D eigenvalue weighted by Crippen LogP contribution is -2.29. The van der Waals surface area contributed by atoms with Gasteiger partial charge in [-0.05, 0) is 19.3 Å². The molecule has 0 aromatic rings. The van der Waals surface area contributed by atoms with Crippen LogP contribution in [0.15, 0.2) is 0 Å². The van der Waals surface area contributed by atoms with Crippen molar-refractivity contribution in [2.45, 2.75) is 89.8 Å². The van der Waals surface area contributed by atoms with Crippen LogP contribution in [-0.2, 0) is 14.2 Å². The highest BCUT2D eigenvalue weighted by molar-refractivity contribution is 4.75. The summed E-state index contributed by atoms with van der Waals surface area (Å²) in [7, 11) is 1.68. The number of methoxy groups -OCH3 is 1. The van der Waals surface area contributed by atoms with Gasteiger partial charge in [0.25, 0.3) is 0 Å². The van der Waals surface area contributed by atoms with Gasteiger partial charge in [-0.2, -0.15) is 0 Å². The van der Waals surface area contributed by atoms with E-state index in [-0.39, 0.29) is 6.10 Å². The highest BCUT2D eigenvalue weighted by Gasteiger charge is 2.26. The summed E-state index contributed by atoms with van der Waals surface area (Å²) < 4.78 is 16.6. The fourth-order valence-corrected chi connectivity index (χ4v) is 2.91. The lowest BCUT2D eigenvalue weighted by molar-refractivity contribution is -0.119. The molecule has 3 heteroatoms. The molecule has 0 aliphatic carbocycles. The van der Waals surface area contributed by atoms with E-state index in [0.717, 1.165) is 19.4 Å². The zero-order chi connectivity index (χ0) is 14.5. The molecule has 120 valence electrons. The molecule has 1 rings (SSSR count). The monoisotopic (exact) mass is 286 g/mol. The third kappa shape index (κ3) is 8.23. The number of unbranched alkanes of at least 4 members (excludes halogenated alkanes) is 7. The Morgan fingerprint density at radius 2 is 1.75 bits per heavy atom. The van der Waals surface area contributed by atoms with Crippen molar-refractivity contribution in [1.82, 2.24) is 0 Å². The van der Waals surface area contributed by atoms with Crippen LogP contribution < -0.4 is 0 Å². The molecular weight excluding hydrogens is 252 g/mol. The third-order valence-electron chi connectivity index (χ3n) is 4.12. The molecule has 20 heavy (non-hydrogen) atoms. The van der Waals surface area contributed by atoms with Crippen LogP contribution in [0.4, 0.5) is 0 Å². The van der Waals surface area contributed by atoms with Crippen molar-refractivity contribution < 1.29 is 14.2 Å². The van der Waals surface area contributed by atoms with E-state index in [9.17, 15) is 0 Å². The van der Waals surface area contributed by atoms with Gasteiger partial charge in [-0.1, -0.05) is 58.3 Å². The van der Waals surface area contributed by atoms with Gasteiger partial charge in [0, 0.05) is 13.7 Å². The maximum atomic E-state index is 5.79. The SMILES string of the molecule is CCCCCCCCCCC(OCOC)C1CCCO1. The molecule has 1 saturated heterocycles. The normalized spacial score (nSPS) is 20.4. The van der Waals surface area contributed by atoms with Gasteiger partial charge in [0.2, 0.25) is 0 Å². The van der Waals surface area contributed by atoms with Gasteiger partial charge in [0.1, 0.15) is 6.79 Å². The molecule has 0 radical (unpaired) electrons. The lowest BCUT2D eigenvalue weighted by Gasteiger charge is -2.23. The highest BCUT2D eigenvalue weighted by atomic mass is 16.7. The fourth-order valence-electron chi connectivity index (χ4n) is 2.91. The van der Waals surface area contributed by atoms with E-state index in [1.165, 1.54) is 57.8 Å². The number of hydrogen-bond acceptors (Lipinski definition) is 3. The summed E-state index contributed by atoms with van der Waals surface area (Å²) in [6.45, 7) is 3.56. The Labute approximate surface area is 125 Å². The second kappa shape index (κ2) is 12.6. The van der Waals surface area contributed by atoms with Crippen LogP contribution in [0.3, 0.4) is 0 Å². The zero-order valence-electron chi connectivity index (χ0n) is 13.6. The number of ether oxygens (including phenoxy) is 3. The minimum Gasteiger partial charge on any atom is -0.376 e. The first kappa shape index (κ1) is 17.9. The van der Waals surface area contributed by atoms with Crippen molar-refractivity contribution >= 4 is 0 Å². The van der Waals surface area contributed by atoms with Gasteiger partial charge in [-0.3, -0.25) is 0 Å². The molecule has 2 atom stereocenters. The molecule has 1 aliphatic heterocycles. The van der Waals surface area contributed by atoms with Crippen molar-refractivity contribution in [2.24, 2.45) is 0 Å². The maximum Gasteiger partial charge on any atom is 0.146 e. The smallest absolute Gasteiger partial charge is 0.146 e. The minimum absolute atomic E-state index is 0.234. The second-order valence-electron chi connectivity index (χ2n) is 5.93. The topological polar surface area (TPSA) is 27.7 Å². The van der Waals surface area contributed by atoms with Crippen molar-refractivity contribution in [3.05, 3.63) is 0 Å². The first-order valence-electron chi connectivity index (χ1n) is 8.60. The van der Waals surface area contributed by atoms with Crippen LogP contribution in [0.1, 0.15) is 77.6 Å². The summed E-state index contributed by atoms with van der Waals surface area (Å²) in [6, 6.07) is 0. The Balaban J connectivity index is 2.02. The molecule has 0 aromatic heterocycles. The molecule has 0 saturated carbocycles. The van der Waals surface area contributed by atoms with E-state index in [1.54, 1.807) is 7.11 Å². The number of hydrogen-bond donors (Lipinski definition) is 0. The van der Waals surface area contributed by atoms with Crippen LogP contribution in [-0.4, -0.2) is 32.7 Å². The van der Waals surface area contributed by atoms with E-state index in [0.29, 0.717) is 12.9 Å². The zero-order valence-corrected chi connectivity index (χ0v) is 13.6. The van der Waals surface area contributed by atoms with Gasteiger partial charge < -0.3 is 14.2 Å². The average molecular weight is 286 g/mol. The first-order chi connectivity index (χ1) is 9.88. The van der Waals surface area contributed by atoms with E-state index < -0.39 is 0 Å². The van der Waals surface area contributed by atoms with Gasteiger partial charge in [-0.25, -0.2) is 0 Å². The van der Waals surface area contributed by atoms with Crippen LogP contribution in [0.25, 0.3) is 0 Å². The standard InChI is InChI=1S/C17H34O3/c1-3-4-5-6-7-8-9-10-12-17(20-15-18-2)16-13-11-14-19-16/h16-17H,3-15H2,1-2H3. The van der Waals surface area contributed by atoms with Crippen molar-refractivity contribution in [3.63, 3.8) is 0 Å². The Hall–Kier alpha value is -0.120. The third-order valence-corrected chi connectivity index (χ3v) is 4.12. The summed E-state index contributed by atoms with van der Waals surface area (Å²) >= 11 is 0. The molecule has 0 spiro atoms. The summed E-state index contributed by atoms with van der Waals surface area (Å²) in [5.41, 5.74) is 0. The van der Waals surface area contributed by atoms with Gasteiger partial charge in [-0.15, -0.1) is 0 Å². The van der Waals surface area contributed by atoms with Crippen molar-refractivity contribution in [1.29, 1.82) is 0 Å². The maximum absolute atomic E-state index is 5.79. The first-order valence-corrected chi connectivity index (χ1v) is 8.60. The Kier molecular flexibility index (Phi) is 11.3. The molecular formula is C17H34O3. The quantitative estimate of drug-likeness (QED) is 0.363. The molecule has 0 aromatic carbocycles. The Bertz CT molecular complexity index is 202. The van der Waals surface area contributed by atoms with Crippen molar-refractivity contribution in [3.8, 4) is 0 Å². The predicted octanol–water partition coefficient (Wildman–Crippen LogP) is 4.69. The summed E-state index contributed by atoms with van der Waals surface area (Å²) in [6.07, 6.45) is 14.8. The molecule has 1 fully saturated rings. The number of rotatable bonds is 13. The van der Waals surface area contributed by atoms with Gasteiger partial charge in [0.15, 0.2) is 0 Å². The molecule has 2 unspecified atom stereocenters. The summed E-state index contributed by atoms with van der Waals surface area (Å²) in [5, 5.41) is 0. The van der Waals surface area contributed by atoms with E-state index in [2.05, 4.69) is 6.92 Å². The fraction of sp³-hybridized carbons (Fsp3) is 1.00. The Morgan fingerprint density at radius 1 is 1.05 bits per heavy atom. The summed E-state index contributed by atoms with van der Waals surface area (Å²) in [4.78, 5) is 0. The van der Waals surface area contributed by atoms with E-state index in [1.807, 2.05) is 0 Å². The molecule has 0 amide bonds. The van der Waals surface area contributed by atoms with Gasteiger partial charge in [0.05, 0.1) is 12.2 Å². The molecule has 0 N–H and O–H groups in total. The second-order valence-corrected chi connectivity index (χ2v) is 5.93. The predicted molar refractivity (Wildman–Crippen MR) is 83.0 cm³/mol. The van der Waals surface area contributed by atoms with E-state index >= 15 is 0 Å². The van der Waals surface area contributed by atoms with Crippen LogP contribution in [0.2, 0.25) is 0 Å². The minimum atomic E-state index is 0.234. The lowest BCUT2D eigenvalue weighted by atomic mass is 10.0. The Morgan fingerprint density at radius 3 is 2.35 bits per heavy atom. The van der Waals surface area contributed by atoms with Crippen LogP contribution in [0, 0.1) is 0 Å². The van der Waals surface area contributed by atoms with Crippen molar-refractivity contribution in [2.75, 3.05) is 20.5 Å². The molecule has 1 aliphatic rings.